The van der Waals surface area contributed by atoms with E-state index in [4.69, 9.17) is 4.74 Å². The Labute approximate surface area is 143 Å². The van der Waals surface area contributed by atoms with Crippen LogP contribution in [-0.2, 0) is 17.8 Å². The maximum absolute atomic E-state index is 12.8. The molecule has 0 heterocycles. The molecule has 1 saturated carbocycles. The van der Waals surface area contributed by atoms with Crippen molar-refractivity contribution < 1.29 is 9.29 Å². The molecule has 2 atom stereocenters. The highest BCUT2D eigenvalue weighted by molar-refractivity contribution is 7.90. The predicted molar refractivity (Wildman–Crippen MR) is 96.0 cm³/mol. The molecular formula is C19H29NO2S. The zero-order valence-corrected chi connectivity index (χ0v) is 15.6. The Kier molecular flexibility index (Phi) is 4.69. The van der Waals surface area contributed by atoms with Crippen molar-refractivity contribution in [2.45, 2.75) is 70.1 Å². The van der Waals surface area contributed by atoms with Crippen molar-refractivity contribution in [3.05, 3.63) is 29.3 Å². The molecule has 0 aliphatic heterocycles. The first kappa shape index (κ1) is 17.1. The van der Waals surface area contributed by atoms with Crippen molar-refractivity contribution in [2.24, 2.45) is 5.41 Å². The highest BCUT2D eigenvalue weighted by Gasteiger charge is 2.50. The van der Waals surface area contributed by atoms with Crippen molar-refractivity contribution in [1.82, 2.24) is 4.72 Å². The standard InChI is InChI=1S/C19H29NO2S/c1-18(2,3)23(21)20-17-14-9-8-10-16(22-4)15(14)13-19(17)11-6-5-7-12-19/h8-10,17,20H,5-7,11-13H2,1-4H3/t17-,23-/m1/s1. The number of fused-ring (bicyclic) bond motifs is 1. The van der Waals surface area contributed by atoms with Gasteiger partial charge in [0, 0.05) is 11.4 Å². The second-order valence-electron chi connectivity index (χ2n) is 8.06. The summed E-state index contributed by atoms with van der Waals surface area (Å²) in [4.78, 5) is 0. The van der Waals surface area contributed by atoms with Gasteiger partial charge in [-0.2, -0.15) is 0 Å². The molecule has 128 valence electrons. The largest absolute Gasteiger partial charge is 0.598 e. The summed E-state index contributed by atoms with van der Waals surface area (Å²) in [5.74, 6) is 0.985. The number of hydrogen-bond acceptors (Lipinski definition) is 3. The predicted octanol–water partition coefficient (Wildman–Crippen LogP) is 4.29. The normalized spacial score (nSPS) is 24.5. The molecule has 2 aliphatic carbocycles. The third-order valence-electron chi connectivity index (χ3n) is 5.47. The molecule has 0 radical (unpaired) electrons. The quantitative estimate of drug-likeness (QED) is 0.838. The Balaban J connectivity index is 1.98. The van der Waals surface area contributed by atoms with Crippen LogP contribution in [0.2, 0.25) is 0 Å². The number of hydrogen-bond donors (Lipinski definition) is 1. The summed E-state index contributed by atoms with van der Waals surface area (Å²) in [6, 6.07) is 6.48. The molecule has 0 saturated heterocycles. The lowest BCUT2D eigenvalue weighted by molar-refractivity contribution is 0.152. The molecule has 0 bridgehead atoms. The molecule has 1 spiro atoms. The van der Waals surface area contributed by atoms with Crippen LogP contribution < -0.4 is 9.46 Å². The van der Waals surface area contributed by atoms with E-state index in [0.717, 1.165) is 12.2 Å². The third kappa shape index (κ3) is 3.13. The van der Waals surface area contributed by atoms with Crippen LogP contribution in [0.25, 0.3) is 0 Å². The second kappa shape index (κ2) is 6.30. The summed E-state index contributed by atoms with van der Waals surface area (Å²) in [6.07, 6.45) is 7.34. The van der Waals surface area contributed by atoms with Crippen LogP contribution >= 0.6 is 0 Å². The first-order chi connectivity index (χ1) is 10.9. The van der Waals surface area contributed by atoms with Gasteiger partial charge >= 0.3 is 0 Å². The van der Waals surface area contributed by atoms with Gasteiger partial charge in [0.25, 0.3) is 0 Å². The molecule has 0 aromatic heterocycles. The smallest absolute Gasteiger partial charge is 0.136 e. The molecular weight excluding hydrogens is 306 g/mol. The summed E-state index contributed by atoms with van der Waals surface area (Å²) in [5.41, 5.74) is 2.82. The SMILES string of the molecule is COc1cccc2c1CC1(CCCCC1)[C@@H]2N[S@+]([O-])C(C)(C)C. The molecule has 4 heteroatoms. The monoisotopic (exact) mass is 335 g/mol. The fourth-order valence-corrected chi connectivity index (χ4v) is 5.16. The third-order valence-corrected chi connectivity index (χ3v) is 7.03. The molecule has 3 nitrogen and oxygen atoms in total. The summed E-state index contributed by atoms with van der Waals surface area (Å²) in [7, 11) is 1.75. The summed E-state index contributed by atoms with van der Waals surface area (Å²) in [5, 5.41) is 0. The Morgan fingerprint density at radius 2 is 1.91 bits per heavy atom. The number of nitrogens with one attached hydrogen (secondary N) is 1. The highest BCUT2D eigenvalue weighted by Crippen LogP contribution is 2.56. The lowest BCUT2D eigenvalue weighted by Gasteiger charge is -2.40. The first-order valence-electron chi connectivity index (χ1n) is 8.71. The number of ether oxygens (including phenoxy) is 1. The topological polar surface area (TPSA) is 44.3 Å². The van der Waals surface area contributed by atoms with Crippen LogP contribution in [0, 0.1) is 5.41 Å². The van der Waals surface area contributed by atoms with E-state index >= 15 is 0 Å². The van der Waals surface area contributed by atoms with Crippen LogP contribution in [-0.4, -0.2) is 16.4 Å². The van der Waals surface area contributed by atoms with Crippen LogP contribution in [0.5, 0.6) is 5.75 Å². The van der Waals surface area contributed by atoms with E-state index in [1.165, 1.54) is 43.2 Å². The second-order valence-corrected chi connectivity index (χ2v) is 10.1. The average Bonchev–Trinajstić information content (AvgIpc) is 2.80. The minimum Gasteiger partial charge on any atom is -0.598 e. The van der Waals surface area contributed by atoms with Gasteiger partial charge in [-0.3, -0.25) is 0 Å². The van der Waals surface area contributed by atoms with E-state index in [-0.39, 0.29) is 16.2 Å². The van der Waals surface area contributed by atoms with Gasteiger partial charge in [0.2, 0.25) is 0 Å². The van der Waals surface area contributed by atoms with Crippen molar-refractivity contribution in [2.75, 3.05) is 7.11 Å². The zero-order valence-electron chi connectivity index (χ0n) is 14.8. The van der Waals surface area contributed by atoms with Crippen LogP contribution in [0.3, 0.4) is 0 Å². The molecule has 2 aliphatic rings. The van der Waals surface area contributed by atoms with E-state index < -0.39 is 11.4 Å². The van der Waals surface area contributed by atoms with Crippen molar-refractivity contribution in [3.8, 4) is 5.75 Å². The molecule has 1 fully saturated rings. The van der Waals surface area contributed by atoms with Gasteiger partial charge in [-0.25, -0.2) is 0 Å². The van der Waals surface area contributed by atoms with Gasteiger partial charge < -0.3 is 9.29 Å². The molecule has 3 rings (SSSR count). The van der Waals surface area contributed by atoms with Gasteiger partial charge in [-0.1, -0.05) is 31.4 Å². The van der Waals surface area contributed by atoms with Crippen LogP contribution in [0.1, 0.15) is 70.0 Å². The Hall–Kier alpha value is -0.710. The Morgan fingerprint density at radius 3 is 2.52 bits per heavy atom. The minimum absolute atomic E-state index is 0.174. The van der Waals surface area contributed by atoms with E-state index in [1.54, 1.807) is 7.11 Å². The average molecular weight is 336 g/mol. The lowest BCUT2D eigenvalue weighted by atomic mass is 9.69. The van der Waals surface area contributed by atoms with E-state index in [2.05, 4.69) is 22.9 Å². The van der Waals surface area contributed by atoms with Gasteiger partial charge in [-0.05, 0) is 62.6 Å². The lowest BCUT2D eigenvalue weighted by Crippen LogP contribution is -2.46. The Morgan fingerprint density at radius 1 is 1.22 bits per heavy atom. The highest BCUT2D eigenvalue weighted by atomic mass is 32.2. The van der Waals surface area contributed by atoms with Gasteiger partial charge in [0.15, 0.2) is 0 Å². The van der Waals surface area contributed by atoms with Gasteiger partial charge in [-0.15, -0.1) is 4.72 Å². The maximum atomic E-state index is 12.8. The molecule has 1 aromatic rings. The van der Waals surface area contributed by atoms with E-state index in [9.17, 15) is 4.55 Å². The molecule has 0 unspecified atom stereocenters. The minimum atomic E-state index is -1.06. The molecule has 1 aromatic carbocycles. The Bertz CT molecular complexity index is 561. The summed E-state index contributed by atoms with van der Waals surface area (Å²) >= 11 is -1.06. The summed E-state index contributed by atoms with van der Waals surface area (Å²) in [6.45, 7) is 6.10. The van der Waals surface area contributed by atoms with Gasteiger partial charge in [0.1, 0.15) is 10.5 Å². The van der Waals surface area contributed by atoms with Crippen molar-refractivity contribution in [1.29, 1.82) is 0 Å². The number of methoxy groups -OCH3 is 1. The van der Waals surface area contributed by atoms with E-state index in [0.29, 0.717) is 0 Å². The first-order valence-corrected chi connectivity index (χ1v) is 9.86. The molecule has 1 N–H and O–H groups in total. The van der Waals surface area contributed by atoms with Gasteiger partial charge in [0.05, 0.1) is 13.2 Å². The molecule has 23 heavy (non-hydrogen) atoms. The van der Waals surface area contributed by atoms with Crippen LogP contribution in [0.4, 0.5) is 0 Å². The fourth-order valence-electron chi connectivity index (χ4n) is 4.21. The zero-order chi connectivity index (χ0) is 16.7. The summed E-state index contributed by atoms with van der Waals surface area (Å²) < 4.78 is 21.6. The number of benzene rings is 1. The molecule has 0 amide bonds. The van der Waals surface area contributed by atoms with Crippen molar-refractivity contribution >= 4 is 11.4 Å². The maximum Gasteiger partial charge on any atom is 0.136 e. The number of rotatable bonds is 3. The van der Waals surface area contributed by atoms with E-state index in [1.807, 2.05) is 20.8 Å². The van der Waals surface area contributed by atoms with Crippen LogP contribution in [0.15, 0.2) is 18.2 Å². The van der Waals surface area contributed by atoms with Crippen molar-refractivity contribution in [3.63, 3.8) is 0 Å². The fraction of sp³-hybridized carbons (Fsp3) is 0.684.